The van der Waals surface area contributed by atoms with Crippen LogP contribution in [0.4, 0.5) is 0 Å². The summed E-state index contributed by atoms with van der Waals surface area (Å²) in [5, 5.41) is 4.72. The van der Waals surface area contributed by atoms with E-state index < -0.39 is 0 Å². The molecule has 1 unspecified atom stereocenters. The third-order valence-electron chi connectivity index (χ3n) is 4.17. The van der Waals surface area contributed by atoms with Crippen LogP contribution in [0.1, 0.15) is 55.6 Å². The highest BCUT2D eigenvalue weighted by molar-refractivity contribution is 9.10. The molecule has 2 aromatic rings. The van der Waals surface area contributed by atoms with Crippen LogP contribution in [0.15, 0.2) is 35.1 Å². The van der Waals surface area contributed by atoms with Gasteiger partial charge in [0.2, 0.25) is 0 Å². The van der Waals surface area contributed by atoms with Gasteiger partial charge in [-0.2, -0.15) is 5.10 Å². The van der Waals surface area contributed by atoms with Gasteiger partial charge in [0.1, 0.15) is 0 Å². The quantitative estimate of drug-likeness (QED) is 0.914. The van der Waals surface area contributed by atoms with Crippen molar-refractivity contribution in [1.82, 2.24) is 14.8 Å². The van der Waals surface area contributed by atoms with Gasteiger partial charge >= 0.3 is 0 Å². The largest absolute Gasteiger partial charge is 0.322 e. The number of hydrogen-bond acceptors (Lipinski definition) is 3. The first kappa shape index (κ1) is 14.7. The molecule has 0 amide bonds. The van der Waals surface area contributed by atoms with Gasteiger partial charge in [-0.25, -0.2) is 0 Å². The second-order valence-corrected chi connectivity index (χ2v) is 6.71. The number of halogens is 1. The van der Waals surface area contributed by atoms with Crippen molar-refractivity contribution in [2.45, 2.75) is 50.6 Å². The molecule has 5 heteroatoms. The Kier molecular flexibility index (Phi) is 4.70. The molecule has 2 aromatic heterocycles. The zero-order valence-electron chi connectivity index (χ0n) is 12.1. The average molecular weight is 349 g/mol. The van der Waals surface area contributed by atoms with Crippen molar-refractivity contribution < 1.29 is 0 Å². The molecular formula is C16H21BrN4. The van der Waals surface area contributed by atoms with Crippen molar-refractivity contribution in [2.75, 3.05) is 0 Å². The van der Waals surface area contributed by atoms with Gasteiger partial charge in [0.05, 0.1) is 23.5 Å². The summed E-state index contributed by atoms with van der Waals surface area (Å²) in [6, 6.07) is 6.51. The second-order valence-electron chi connectivity index (χ2n) is 5.79. The van der Waals surface area contributed by atoms with Crippen molar-refractivity contribution in [3.8, 4) is 0 Å². The summed E-state index contributed by atoms with van der Waals surface area (Å²) in [5.74, 6) is 0. The molecule has 0 radical (unpaired) electrons. The Morgan fingerprint density at radius 1 is 1.24 bits per heavy atom. The molecule has 1 fully saturated rings. The maximum atomic E-state index is 6.24. The summed E-state index contributed by atoms with van der Waals surface area (Å²) >= 11 is 3.39. The van der Waals surface area contributed by atoms with E-state index in [0.29, 0.717) is 6.04 Å². The number of nitrogens with zero attached hydrogens (tertiary/aromatic N) is 3. The van der Waals surface area contributed by atoms with Gasteiger partial charge in [-0.1, -0.05) is 19.3 Å². The molecule has 0 saturated heterocycles. The van der Waals surface area contributed by atoms with E-state index >= 15 is 0 Å². The first-order valence-corrected chi connectivity index (χ1v) is 8.43. The van der Waals surface area contributed by atoms with Gasteiger partial charge in [0.25, 0.3) is 0 Å². The van der Waals surface area contributed by atoms with E-state index in [9.17, 15) is 0 Å². The van der Waals surface area contributed by atoms with Gasteiger partial charge < -0.3 is 5.73 Å². The van der Waals surface area contributed by atoms with Crippen LogP contribution in [-0.4, -0.2) is 14.8 Å². The molecular weight excluding hydrogens is 328 g/mol. The summed E-state index contributed by atoms with van der Waals surface area (Å²) in [5.41, 5.74) is 8.20. The molecule has 4 nitrogen and oxygen atoms in total. The van der Waals surface area contributed by atoms with E-state index in [2.05, 4.69) is 37.9 Å². The Morgan fingerprint density at radius 2 is 2.05 bits per heavy atom. The van der Waals surface area contributed by atoms with Crippen LogP contribution in [0.5, 0.6) is 0 Å². The fraction of sp³-hybridized carbons (Fsp3) is 0.500. The van der Waals surface area contributed by atoms with Crippen LogP contribution in [0, 0.1) is 0 Å². The summed E-state index contributed by atoms with van der Waals surface area (Å²) in [6.45, 7) is 0. The fourth-order valence-electron chi connectivity index (χ4n) is 2.97. The van der Waals surface area contributed by atoms with E-state index in [1.807, 2.05) is 12.1 Å². The Bertz CT molecular complexity index is 572. The highest BCUT2D eigenvalue weighted by atomic mass is 79.9. The first-order valence-electron chi connectivity index (χ1n) is 7.63. The Morgan fingerprint density at radius 3 is 2.76 bits per heavy atom. The van der Waals surface area contributed by atoms with Crippen molar-refractivity contribution in [1.29, 1.82) is 0 Å². The van der Waals surface area contributed by atoms with Crippen LogP contribution in [0.2, 0.25) is 0 Å². The van der Waals surface area contributed by atoms with Crippen molar-refractivity contribution in [3.63, 3.8) is 0 Å². The molecule has 0 bridgehead atoms. The SMILES string of the molecule is NC(Cc1ccn(C2CCCCC2)n1)c1ccc(Br)cn1. The topological polar surface area (TPSA) is 56.7 Å². The van der Waals surface area contributed by atoms with Crippen LogP contribution < -0.4 is 5.73 Å². The molecule has 2 heterocycles. The lowest BCUT2D eigenvalue weighted by molar-refractivity contribution is 0.328. The Labute approximate surface area is 133 Å². The summed E-state index contributed by atoms with van der Waals surface area (Å²) < 4.78 is 3.11. The Hall–Kier alpha value is -1.20. The minimum atomic E-state index is -0.104. The molecule has 21 heavy (non-hydrogen) atoms. The lowest BCUT2D eigenvalue weighted by atomic mass is 9.96. The van der Waals surface area contributed by atoms with Gasteiger partial charge in [0.15, 0.2) is 0 Å². The molecule has 0 spiro atoms. The zero-order chi connectivity index (χ0) is 14.7. The van der Waals surface area contributed by atoms with Crippen molar-refractivity contribution in [2.24, 2.45) is 5.73 Å². The summed E-state index contributed by atoms with van der Waals surface area (Å²) in [4.78, 5) is 4.36. The monoisotopic (exact) mass is 348 g/mol. The lowest BCUT2D eigenvalue weighted by Gasteiger charge is -2.21. The molecule has 0 aromatic carbocycles. The number of hydrogen-bond donors (Lipinski definition) is 1. The third kappa shape index (κ3) is 3.71. The van der Waals surface area contributed by atoms with E-state index in [0.717, 1.165) is 22.3 Å². The smallest absolute Gasteiger partial charge is 0.0644 e. The highest BCUT2D eigenvalue weighted by Gasteiger charge is 2.17. The minimum Gasteiger partial charge on any atom is -0.322 e. The predicted octanol–water partition coefficient (Wildman–Crippen LogP) is 3.79. The van der Waals surface area contributed by atoms with Gasteiger partial charge in [0, 0.05) is 23.3 Å². The van der Waals surface area contributed by atoms with E-state index in [1.165, 1.54) is 32.1 Å². The molecule has 1 aliphatic carbocycles. The Balaban J connectivity index is 1.64. The standard InChI is InChI=1S/C16H21BrN4/c17-12-6-7-16(19-11-12)15(18)10-13-8-9-21(20-13)14-4-2-1-3-5-14/h6-9,11,14-15H,1-5,10,18H2. The number of pyridine rings is 1. The second kappa shape index (κ2) is 6.71. The van der Waals surface area contributed by atoms with Crippen molar-refractivity contribution >= 4 is 15.9 Å². The van der Waals surface area contributed by atoms with Crippen LogP contribution in [0.25, 0.3) is 0 Å². The van der Waals surface area contributed by atoms with Crippen LogP contribution in [0.3, 0.4) is 0 Å². The van der Waals surface area contributed by atoms with Crippen LogP contribution >= 0.6 is 15.9 Å². The molecule has 1 aliphatic rings. The maximum absolute atomic E-state index is 6.24. The first-order chi connectivity index (χ1) is 10.2. The number of aromatic nitrogens is 3. The number of nitrogens with two attached hydrogens (primary N) is 1. The fourth-order valence-corrected chi connectivity index (χ4v) is 3.21. The third-order valence-corrected chi connectivity index (χ3v) is 4.64. The number of rotatable bonds is 4. The molecule has 1 atom stereocenters. The molecule has 2 N–H and O–H groups in total. The van der Waals surface area contributed by atoms with Gasteiger partial charge in [-0.05, 0) is 47.0 Å². The van der Waals surface area contributed by atoms with Gasteiger partial charge in [-0.15, -0.1) is 0 Å². The van der Waals surface area contributed by atoms with Crippen LogP contribution in [-0.2, 0) is 6.42 Å². The normalized spacial score (nSPS) is 17.8. The van der Waals surface area contributed by atoms with Gasteiger partial charge in [-0.3, -0.25) is 9.67 Å². The predicted molar refractivity (Wildman–Crippen MR) is 86.9 cm³/mol. The molecule has 3 rings (SSSR count). The summed E-state index contributed by atoms with van der Waals surface area (Å²) in [6.07, 6.45) is 11.1. The molecule has 112 valence electrons. The minimum absolute atomic E-state index is 0.104. The summed E-state index contributed by atoms with van der Waals surface area (Å²) in [7, 11) is 0. The van der Waals surface area contributed by atoms with E-state index in [4.69, 9.17) is 10.8 Å². The molecule has 0 aliphatic heterocycles. The van der Waals surface area contributed by atoms with E-state index in [-0.39, 0.29) is 6.04 Å². The lowest BCUT2D eigenvalue weighted by Crippen LogP contribution is -2.16. The highest BCUT2D eigenvalue weighted by Crippen LogP contribution is 2.27. The zero-order valence-corrected chi connectivity index (χ0v) is 13.7. The average Bonchev–Trinajstić information content (AvgIpc) is 2.97. The molecule has 1 saturated carbocycles. The van der Waals surface area contributed by atoms with E-state index in [1.54, 1.807) is 6.20 Å². The maximum Gasteiger partial charge on any atom is 0.0644 e. The van der Waals surface area contributed by atoms with Crippen molar-refractivity contribution in [3.05, 3.63) is 46.5 Å².